The first-order valence-corrected chi connectivity index (χ1v) is 11.0. The molecule has 4 heteroatoms. The molecular weight excluding hydrogens is 380 g/mol. The number of H-pyrrole nitrogens is 1. The summed E-state index contributed by atoms with van der Waals surface area (Å²) in [4.78, 5) is 6.92. The summed E-state index contributed by atoms with van der Waals surface area (Å²) in [7, 11) is 0. The highest BCUT2D eigenvalue weighted by molar-refractivity contribution is 5.95. The summed E-state index contributed by atoms with van der Waals surface area (Å²) in [6.45, 7) is 9.36. The zero-order valence-electron chi connectivity index (χ0n) is 20.9. The van der Waals surface area contributed by atoms with Gasteiger partial charge in [0.1, 0.15) is 0 Å². The number of aromatic amines is 1. The van der Waals surface area contributed by atoms with Gasteiger partial charge in [0.15, 0.2) is 0 Å². The largest absolute Gasteiger partial charge is 0.367 e. The number of anilines is 1. The lowest BCUT2D eigenvalue weighted by atomic mass is 9.95. The first-order valence-electron chi connectivity index (χ1n) is 12.0. The zero-order valence-corrected chi connectivity index (χ0v) is 18.9. The first-order chi connectivity index (χ1) is 15.7. The summed E-state index contributed by atoms with van der Waals surface area (Å²) in [6.07, 6.45) is 0.704. The molecule has 0 atom stereocenters. The topological polar surface area (TPSA) is 44.8 Å². The monoisotopic (exact) mass is 412 g/mol. The lowest BCUT2D eigenvalue weighted by Crippen LogP contribution is -2.32. The summed E-state index contributed by atoms with van der Waals surface area (Å²) in [5, 5.41) is 8.53. The van der Waals surface area contributed by atoms with E-state index in [0.29, 0.717) is 24.4 Å². The Morgan fingerprint density at radius 2 is 1.90 bits per heavy atom. The van der Waals surface area contributed by atoms with Gasteiger partial charge in [0, 0.05) is 41.8 Å². The molecule has 1 aliphatic rings. The fourth-order valence-electron chi connectivity index (χ4n) is 4.52. The number of rotatable bonds is 3. The number of aryl methyl sites for hydroxylation is 3. The third-order valence-electron chi connectivity index (χ3n) is 6.35. The second kappa shape index (κ2) is 7.52. The lowest BCUT2D eigenvalue weighted by Gasteiger charge is -2.33. The first kappa shape index (κ1) is 17.5. The maximum Gasteiger partial charge on any atom is 0.0715 e. The zero-order chi connectivity index (χ0) is 23.5. The van der Waals surface area contributed by atoms with Crippen LogP contribution in [0, 0.1) is 20.8 Å². The van der Waals surface area contributed by atoms with Crippen molar-refractivity contribution in [3.63, 3.8) is 0 Å². The summed E-state index contributed by atoms with van der Waals surface area (Å²) in [5.41, 5.74) is 9.62. The van der Waals surface area contributed by atoms with Gasteiger partial charge in [0.25, 0.3) is 0 Å². The van der Waals surface area contributed by atoms with Crippen LogP contribution in [0.4, 0.5) is 5.69 Å². The number of nitrogens with zero attached hydrogens (tertiary/aromatic N) is 3. The molecule has 4 aromatic rings. The van der Waals surface area contributed by atoms with Gasteiger partial charge in [-0.1, -0.05) is 38.1 Å². The third kappa shape index (κ3) is 3.40. The molecule has 31 heavy (non-hydrogen) atoms. The average Bonchev–Trinajstić information content (AvgIpc) is 3.15. The number of nitrogens with one attached hydrogen (secondary N) is 1. The fraction of sp³-hybridized carbons (Fsp3) is 0.333. The van der Waals surface area contributed by atoms with Crippen molar-refractivity contribution in [2.75, 3.05) is 11.4 Å². The van der Waals surface area contributed by atoms with E-state index in [4.69, 9.17) is 4.98 Å². The Morgan fingerprint density at radius 1 is 1.06 bits per heavy atom. The average molecular weight is 413 g/mol. The van der Waals surface area contributed by atoms with Crippen molar-refractivity contribution in [2.45, 2.75) is 53.5 Å². The minimum absolute atomic E-state index is 0.396. The van der Waals surface area contributed by atoms with Gasteiger partial charge in [-0.05, 0) is 67.1 Å². The second-order valence-corrected chi connectivity index (χ2v) is 8.90. The van der Waals surface area contributed by atoms with Crippen molar-refractivity contribution < 1.29 is 2.74 Å². The normalized spacial score (nSPS) is 16.4. The third-order valence-corrected chi connectivity index (χ3v) is 6.35. The molecular formula is C27H30N4. The van der Waals surface area contributed by atoms with E-state index < -0.39 is 6.50 Å². The highest BCUT2D eigenvalue weighted by Crippen LogP contribution is 2.34. The number of hydrogen-bond donors (Lipinski definition) is 1. The van der Waals surface area contributed by atoms with Gasteiger partial charge in [0.2, 0.25) is 0 Å². The fourth-order valence-corrected chi connectivity index (χ4v) is 4.52. The van der Waals surface area contributed by atoms with Gasteiger partial charge in [-0.25, -0.2) is 0 Å². The Labute approximate surface area is 187 Å². The van der Waals surface area contributed by atoms with Crippen molar-refractivity contribution >= 4 is 16.6 Å². The van der Waals surface area contributed by atoms with Crippen LogP contribution in [0.5, 0.6) is 0 Å². The Kier molecular flexibility index (Phi) is 4.26. The molecule has 0 amide bonds. The molecule has 1 aliphatic heterocycles. The molecule has 0 aliphatic carbocycles. The van der Waals surface area contributed by atoms with Gasteiger partial charge in [0.05, 0.1) is 19.6 Å². The van der Waals surface area contributed by atoms with Crippen LogP contribution in [-0.2, 0) is 12.9 Å². The predicted octanol–water partition coefficient (Wildman–Crippen LogP) is 6.24. The molecule has 4 nitrogen and oxygen atoms in total. The maximum atomic E-state index is 9.17. The van der Waals surface area contributed by atoms with E-state index in [1.165, 1.54) is 5.56 Å². The molecule has 2 aromatic heterocycles. The maximum absolute atomic E-state index is 9.17. The molecule has 0 radical (unpaired) electrons. The number of pyridine rings is 1. The highest BCUT2D eigenvalue weighted by atomic mass is 15.1. The molecule has 0 bridgehead atoms. The van der Waals surface area contributed by atoms with Crippen LogP contribution in [0.3, 0.4) is 0 Å². The van der Waals surface area contributed by atoms with Crippen LogP contribution >= 0.6 is 0 Å². The minimum Gasteiger partial charge on any atom is -0.367 e. The van der Waals surface area contributed by atoms with E-state index in [-0.39, 0.29) is 0 Å². The molecule has 0 unspecified atom stereocenters. The molecule has 0 saturated heterocycles. The molecule has 0 spiro atoms. The SMILES string of the molecule is [2H]C1([2H])c2c(C)cc(-c3cccc4[nH]nc(C)c34)nc2CCN1c1cc(C(C)C)ccc1C. The molecule has 2 aromatic carbocycles. The van der Waals surface area contributed by atoms with Crippen LogP contribution in [0.25, 0.3) is 22.2 Å². The van der Waals surface area contributed by atoms with Gasteiger partial charge in [-0.15, -0.1) is 0 Å². The van der Waals surface area contributed by atoms with E-state index in [9.17, 15) is 2.74 Å². The number of benzene rings is 2. The summed E-state index contributed by atoms with van der Waals surface area (Å²) in [5.74, 6) is 0.396. The van der Waals surface area contributed by atoms with Crippen molar-refractivity contribution in [3.8, 4) is 11.3 Å². The van der Waals surface area contributed by atoms with Crippen molar-refractivity contribution in [3.05, 3.63) is 76.1 Å². The van der Waals surface area contributed by atoms with E-state index >= 15 is 0 Å². The second-order valence-electron chi connectivity index (χ2n) is 8.90. The Bertz CT molecular complexity index is 1370. The van der Waals surface area contributed by atoms with Crippen LogP contribution < -0.4 is 4.90 Å². The lowest BCUT2D eigenvalue weighted by molar-refractivity contribution is 0.705. The van der Waals surface area contributed by atoms with Crippen LogP contribution in [0.2, 0.25) is 0 Å². The van der Waals surface area contributed by atoms with E-state index in [1.54, 1.807) is 0 Å². The van der Waals surface area contributed by atoms with E-state index in [1.807, 2.05) is 36.9 Å². The summed E-state index contributed by atoms with van der Waals surface area (Å²) in [6, 6.07) is 14.5. The quantitative estimate of drug-likeness (QED) is 0.433. The standard InChI is InChI=1S/C27H30N4/c1-16(2)20-10-9-17(3)26(14-20)31-12-11-23-22(15-31)18(4)13-25(28-23)21-7-6-8-24-27(21)19(5)29-30-24/h6-10,13-14,16H,11-12,15H2,1-5H3,(H,29,30)/i15D2. The van der Waals surface area contributed by atoms with E-state index in [2.05, 4.69) is 55.2 Å². The summed E-state index contributed by atoms with van der Waals surface area (Å²) < 4.78 is 18.3. The summed E-state index contributed by atoms with van der Waals surface area (Å²) >= 11 is 0. The van der Waals surface area contributed by atoms with E-state index in [0.717, 1.165) is 50.4 Å². The Balaban J connectivity index is 1.62. The van der Waals surface area contributed by atoms with Crippen LogP contribution in [0.1, 0.15) is 56.1 Å². The van der Waals surface area contributed by atoms with Crippen molar-refractivity contribution in [2.24, 2.45) is 0 Å². The Morgan fingerprint density at radius 3 is 2.71 bits per heavy atom. The molecule has 0 fully saturated rings. The van der Waals surface area contributed by atoms with Gasteiger partial charge < -0.3 is 4.90 Å². The molecule has 5 rings (SSSR count). The number of hydrogen-bond acceptors (Lipinski definition) is 3. The smallest absolute Gasteiger partial charge is 0.0715 e. The molecule has 3 heterocycles. The number of aromatic nitrogens is 3. The molecule has 0 saturated carbocycles. The van der Waals surface area contributed by atoms with Gasteiger partial charge in [-0.3, -0.25) is 10.1 Å². The van der Waals surface area contributed by atoms with Crippen LogP contribution in [0.15, 0.2) is 42.5 Å². The molecule has 1 N–H and O–H groups in total. The molecule has 158 valence electrons. The highest BCUT2D eigenvalue weighted by Gasteiger charge is 2.23. The Hall–Kier alpha value is -3.14. The van der Waals surface area contributed by atoms with Crippen LogP contribution in [-0.4, -0.2) is 21.7 Å². The minimum atomic E-state index is -1.64. The number of fused-ring (bicyclic) bond motifs is 2. The van der Waals surface area contributed by atoms with Crippen molar-refractivity contribution in [1.29, 1.82) is 0 Å². The van der Waals surface area contributed by atoms with Crippen molar-refractivity contribution in [1.82, 2.24) is 15.2 Å². The predicted molar refractivity (Wildman–Crippen MR) is 129 cm³/mol. The van der Waals surface area contributed by atoms with Gasteiger partial charge in [-0.2, -0.15) is 5.10 Å². The van der Waals surface area contributed by atoms with Gasteiger partial charge >= 0.3 is 0 Å².